The third kappa shape index (κ3) is 2.99. The van der Waals surface area contributed by atoms with Gasteiger partial charge in [-0.2, -0.15) is 0 Å². The number of amides is 2. The second kappa shape index (κ2) is 6.23. The van der Waals surface area contributed by atoms with Gasteiger partial charge in [0, 0.05) is 17.3 Å². The molecule has 1 atom stereocenters. The minimum absolute atomic E-state index is 0.195. The molecule has 0 unspecified atom stereocenters. The van der Waals surface area contributed by atoms with E-state index >= 15 is 0 Å². The lowest BCUT2D eigenvalue weighted by Crippen LogP contribution is -2.36. The molecule has 0 spiro atoms. The zero-order valence-electron chi connectivity index (χ0n) is 11.8. The van der Waals surface area contributed by atoms with Crippen molar-refractivity contribution < 1.29 is 14.0 Å². The molecular formula is C16H15ClN2O3. The molecule has 6 heteroatoms. The lowest BCUT2D eigenvalue weighted by Gasteiger charge is -2.17. The largest absolute Gasteiger partial charge is 0.467 e. The number of rotatable bonds is 4. The van der Waals surface area contributed by atoms with Gasteiger partial charge >= 0.3 is 0 Å². The number of nitrogens with zero attached hydrogens (tertiary/aromatic N) is 1. The van der Waals surface area contributed by atoms with Gasteiger partial charge in [-0.05, 0) is 36.8 Å². The Hall–Kier alpha value is -2.27. The molecule has 1 N–H and O–H groups in total. The molecule has 1 aromatic carbocycles. The van der Waals surface area contributed by atoms with Gasteiger partial charge in [-0.1, -0.05) is 17.7 Å². The van der Waals surface area contributed by atoms with E-state index in [4.69, 9.17) is 16.0 Å². The fourth-order valence-corrected chi connectivity index (χ4v) is 2.72. The molecule has 1 aliphatic rings. The summed E-state index contributed by atoms with van der Waals surface area (Å²) < 4.78 is 5.15. The van der Waals surface area contributed by atoms with Gasteiger partial charge in [-0.3, -0.25) is 9.59 Å². The van der Waals surface area contributed by atoms with Crippen LogP contribution in [0.2, 0.25) is 5.02 Å². The lowest BCUT2D eigenvalue weighted by molar-refractivity contribution is -0.132. The van der Waals surface area contributed by atoms with Gasteiger partial charge < -0.3 is 14.6 Å². The molecule has 0 aliphatic carbocycles. The van der Waals surface area contributed by atoms with Gasteiger partial charge in [0.1, 0.15) is 11.7 Å². The van der Waals surface area contributed by atoms with Crippen molar-refractivity contribution in [1.82, 2.24) is 5.32 Å². The average Bonchev–Trinajstić information content (AvgIpc) is 3.14. The predicted molar refractivity (Wildman–Crippen MR) is 82.5 cm³/mol. The van der Waals surface area contributed by atoms with Crippen LogP contribution in [0.5, 0.6) is 0 Å². The van der Waals surface area contributed by atoms with E-state index in [0.717, 1.165) is 5.69 Å². The van der Waals surface area contributed by atoms with Crippen LogP contribution in [-0.2, 0) is 16.1 Å². The molecule has 22 heavy (non-hydrogen) atoms. The van der Waals surface area contributed by atoms with Gasteiger partial charge in [0.25, 0.3) is 0 Å². The molecule has 3 rings (SSSR count). The number of benzene rings is 1. The summed E-state index contributed by atoms with van der Waals surface area (Å²) >= 11 is 5.95. The van der Waals surface area contributed by atoms with Gasteiger partial charge in [-0.15, -0.1) is 0 Å². The maximum Gasteiger partial charge on any atom is 0.239 e. The number of halogens is 1. The second-order valence-corrected chi connectivity index (χ2v) is 5.54. The van der Waals surface area contributed by atoms with Crippen molar-refractivity contribution in [3.8, 4) is 0 Å². The van der Waals surface area contributed by atoms with Gasteiger partial charge in [-0.25, -0.2) is 0 Å². The van der Waals surface area contributed by atoms with E-state index in [1.807, 2.05) is 6.07 Å². The highest BCUT2D eigenvalue weighted by Gasteiger charge is 2.37. The molecule has 1 saturated heterocycles. The lowest BCUT2D eigenvalue weighted by atomic mass is 10.1. The summed E-state index contributed by atoms with van der Waals surface area (Å²) in [5.41, 5.74) is 0.721. The normalized spacial score (nSPS) is 17.8. The number of hydrogen-bond donors (Lipinski definition) is 1. The Kier molecular flexibility index (Phi) is 4.15. The van der Waals surface area contributed by atoms with Crippen molar-refractivity contribution >= 4 is 29.1 Å². The van der Waals surface area contributed by atoms with Crippen molar-refractivity contribution in [1.29, 1.82) is 0 Å². The standard InChI is InChI=1S/C16H15ClN2O3/c17-11-3-1-4-12(9-11)19-7-6-14(16(19)21)15(20)18-10-13-5-2-8-22-13/h1-5,8-9,14H,6-7,10H2,(H,18,20)/t14-/m1/s1. The minimum atomic E-state index is -0.658. The van der Waals surface area contributed by atoms with Crippen LogP contribution < -0.4 is 10.2 Å². The fraction of sp³-hybridized carbons (Fsp3) is 0.250. The fourth-order valence-electron chi connectivity index (χ4n) is 2.53. The number of anilines is 1. The quantitative estimate of drug-likeness (QED) is 0.881. The Balaban J connectivity index is 1.64. The van der Waals surface area contributed by atoms with Crippen LogP contribution in [0.1, 0.15) is 12.2 Å². The van der Waals surface area contributed by atoms with Crippen LogP contribution in [0.3, 0.4) is 0 Å². The van der Waals surface area contributed by atoms with Gasteiger partial charge in [0.2, 0.25) is 11.8 Å². The van der Waals surface area contributed by atoms with Crippen molar-refractivity contribution in [2.24, 2.45) is 5.92 Å². The number of carbonyl (C=O) groups excluding carboxylic acids is 2. The summed E-state index contributed by atoms with van der Waals surface area (Å²) in [6, 6.07) is 10.6. The van der Waals surface area contributed by atoms with E-state index < -0.39 is 5.92 Å². The van der Waals surface area contributed by atoms with E-state index in [9.17, 15) is 9.59 Å². The van der Waals surface area contributed by atoms with E-state index in [-0.39, 0.29) is 18.4 Å². The van der Waals surface area contributed by atoms with Crippen molar-refractivity contribution in [3.05, 3.63) is 53.4 Å². The molecule has 5 nitrogen and oxygen atoms in total. The summed E-state index contributed by atoms with van der Waals surface area (Å²) in [4.78, 5) is 26.2. The Bertz CT molecular complexity index is 684. The van der Waals surface area contributed by atoms with Gasteiger partial charge in [0.15, 0.2) is 0 Å². The van der Waals surface area contributed by atoms with Crippen LogP contribution in [0.4, 0.5) is 5.69 Å². The highest BCUT2D eigenvalue weighted by Crippen LogP contribution is 2.27. The van der Waals surface area contributed by atoms with Crippen molar-refractivity contribution in [2.45, 2.75) is 13.0 Å². The molecule has 0 saturated carbocycles. The van der Waals surface area contributed by atoms with Crippen LogP contribution in [0.15, 0.2) is 47.1 Å². The molecule has 2 aromatic rings. The number of hydrogen-bond acceptors (Lipinski definition) is 3. The summed E-state index contributed by atoms with van der Waals surface area (Å²) in [6.45, 7) is 0.796. The third-order valence-corrected chi connectivity index (χ3v) is 3.89. The first-order chi connectivity index (χ1) is 10.6. The maximum atomic E-state index is 12.4. The number of furan rings is 1. The highest BCUT2D eigenvalue weighted by molar-refractivity contribution is 6.31. The smallest absolute Gasteiger partial charge is 0.239 e. The monoisotopic (exact) mass is 318 g/mol. The molecule has 0 bridgehead atoms. The maximum absolute atomic E-state index is 12.4. The van der Waals surface area contributed by atoms with Crippen LogP contribution in [0, 0.1) is 5.92 Å². The molecule has 0 radical (unpaired) electrons. The van der Waals surface area contributed by atoms with Crippen molar-refractivity contribution in [3.63, 3.8) is 0 Å². The molecule has 2 heterocycles. The summed E-state index contributed by atoms with van der Waals surface area (Å²) in [5, 5.41) is 3.30. The SMILES string of the molecule is O=C(NCc1ccco1)[C@H]1CCN(c2cccc(Cl)c2)C1=O. The first-order valence-electron chi connectivity index (χ1n) is 7.02. The van der Waals surface area contributed by atoms with E-state index in [2.05, 4.69) is 5.32 Å². The molecule has 1 aromatic heterocycles. The second-order valence-electron chi connectivity index (χ2n) is 5.11. The van der Waals surface area contributed by atoms with E-state index in [0.29, 0.717) is 23.7 Å². The first kappa shape index (κ1) is 14.7. The average molecular weight is 319 g/mol. The number of nitrogens with one attached hydrogen (secondary N) is 1. The Morgan fingerprint density at radius 2 is 2.23 bits per heavy atom. The summed E-state index contributed by atoms with van der Waals surface area (Å²) in [7, 11) is 0. The minimum Gasteiger partial charge on any atom is -0.467 e. The molecule has 2 amide bonds. The zero-order valence-corrected chi connectivity index (χ0v) is 12.5. The molecular weight excluding hydrogens is 304 g/mol. The van der Waals surface area contributed by atoms with Gasteiger partial charge in [0.05, 0.1) is 12.8 Å². The molecule has 1 fully saturated rings. The number of carbonyl (C=O) groups is 2. The first-order valence-corrected chi connectivity index (χ1v) is 7.40. The Morgan fingerprint density at radius 3 is 2.95 bits per heavy atom. The third-order valence-electron chi connectivity index (χ3n) is 3.66. The Morgan fingerprint density at radius 1 is 1.36 bits per heavy atom. The molecule has 114 valence electrons. The van der Waals surface area contributed by atoms with E-state index in [1.165, 1.54) is 0 Å². The van der Waals surface area contributed by atoms with E-state index in [1.54, 1.807) is 41.5 Å². The topological polar surface area (TPSA) is 62.6 Å². The Labute approximate surface area is 132 Å². The van der Waals surface area contributed by atoms with Crippen molar-refractivity contribution in [2.75, 3.05) is 11.4 Å². The van der Waals surface area contributed by atoms with Crippen LogP contribution in [-0.4, -0.2) is 18.4 Å². The van der Waals surface area contributed by atoms with Crippen LogP contribution >= 0.6 is 11.6 Å². The molecule has 1 aliphatic heterocycles. The van der Waals surface area contributed by atoms with Crippen LogP contribution in [0.25, 0.3) is 0 Å². The summed E-state index contributed by atoms with van der Waals surface area (Å²) in [5.74, 6) is -0.468. The zero-order chi connectivity index (χ0) is 15.5. The predicted octanol–water partition coefficient (Wildman–Crippen LogP) is 2.60. The highest BCUT2D eigenvalue weighted by atomic mass is 35.5. The summed E-state index contributed by atoms with van der Waals surface area (Å²) in [6.07, 6.45) is 2.04.